The second kappa shape index (κ2) is 5.24. The maximum absolute atomic E-state index is 12.0. The van der Waals surface area contributed by atoms with Gasteiger partial charge < -0.3 is 15.0 Å². The lowest BCUT2D eigenvalue weighted by atomic mass is 9.83. The van der Waals surface area contributed by atoms with Crippen molar-refractivity contribution in [3.8, 4) is 0 Å². The summed E-state index contributed by atoms with van der Waals surface area (Å²) in [6, 6.07) is 1.61. The maximum atomic E-state index is 12.0. The number of nitrogens with zero attached hydrogens (tertiary/aromatic N) is 1. The van der Waals surface area contributed by atoms with E-state index in [0.29, 0.717) is 12.2 Å². The molecule has 4 nitrogen and oxygen atoms in total. The molecule has 0 aromatic carbocycles. The molecule has 0 radical (unpaired) electrons. The summed E-state index contributed by atoms with van der Waals surface area (Å²) in [4.78, 5) is 12.0. The van der Waals surface area contributed by atoms with Gasteiger partial charge in [-0.25, -0.2) is 0 Å². The molecule has 1 unspecified atom stereocenters. The second-order valence-corrected chi connectivity index (χ2v) is 6.42. The molecule has 1 saturated heterocycles. The Balaban J connectivity index is 1.70. The average Bonchev–Trinajstić information content (AvgIpc) is 2.79. The van der Waals surface area contributed by atoms with Crippen LogP contribution in [0.3, 0.4) is 0 Å². The average molecular weight is 276 g/mol. The summed E-state index contributed by atoms with van der Waals surface area (Å²) in [5.74, 6) is 0. The van der Waals surface area contributed by atoms with Gasteiger partial charge in [-0.15, -0.1) is 0 Å². The van der Waals surface area contributed by atoms with Gasteiger partial charge in [-0.2, -0.15) is 0 Å². The largest absolute Gasteiger partial charge is 0.397 e. The van der Waals surface area contributed by atoms with Gasteiger partial charge in [0.15, 0.2) is 0 Å². The van der Waals surface area contributed by atoms with E-state index in [0.717, 1.165) is 18.4 Å². The Morgan fingerprint density at radius 1 is 1.35 bits per heavy atom. The number of ether oxygens (including phenoxy) is 1. The fraction of sp³-hybridized carbons (Fsp3) is 0.688. The number of rotatable bonds is 2. The van der Waals surface area contributed by atoms with Gasteiger partial charge in [-0.3, -0.25) is 4.79 Å². The molecule has 110 valence electrons. The molecule has 2 N–H and O–H groups in total. The number of nitrogens with two attached hydrogens (primary N) is 1. The summed E-state index contributed by atoms with van der Waals surface area (Å²) in [5, 5.41) is 0. The molecule has 2 heterocycles. The van der Waals surface area contributed by atoms with Crippen LogP contribution in [0.5, 0.6) is 0 Å². The summed E-state index contributed by atoms with van der Waals surface area (Å²) in [6.07, 6.45) is 10.4. The van der Waals surface area contributed by atoms with Gasteiger partial charge >= 0.3 is 0 Å². The Morgan fingerprint density at radius 2 is 2.10 bits per heavy atom. The molecule has 3 rings (SSSR count). The number of aryl methyl sites for hydroxylation is 1. The van der Waals surface area contributed by atoms with Crippen molar-refractivity contribution in [1.29, 1.82) is 0 Å². The van der Waals surface area contributed by atoms with Gasteiger partial charge in [0, 0.05) is 12.3 Å². The van der Waals surface area contributed by atoms with Crippen LogP contribution in [-0.4, -0.2) is 16.3 Å². The number of hydrogen-bond donors (Lipinski definition) is 1. The highest BCUT2D eigenvalue weighted by molar-refractivity contribution is 5.42. The lowest BCUT2D eigenvalue weighted by Crippen LogP contribution is -2.33. The van der Waals surface area contributed by atoms with Crippen LogP contribution in [0.1, 0.15) is 50.5 Å². The van der Waals surface area contributed by atoms with Crippen LogP contribution in [-0.2, 0) is 11.3 Å². The van der Waals surface area contributed by atoms with E-state index in [1.807, 2.05) is 6.92 Å². The quantitative estimate of drug-likeness (QED) is 0.903. The molecule has 2 aliphatic rings. The second-order valence-electron chi connectivity index (χ2n) is 6.42. The van der Waals surface area contributed by atoms with Gasteiger partial charge in [-0.05, 0) is 38.2 Å². The summed E-state index contributed by atoms with van der Waals surface area (Å²) in [5.41, 5.74) is 7.56. The molecule has 1 aliphatic carbocycles. The van der Waals surface area contributed by atoms with E-state index in [1.165, 1.54) is 32.1 Å². The fourth-order valence-electron chi connectivity index (χ4n) is 3.63. The molecule has 1 aromatic rings. The summed E-state index contributed by atoms with van der Waals surface area (Å²) < 4.78 is 8.02. The third kappa shape index (κ3) is 2.62. The van der Waals surface area contributed by atoms with Crippen LogP contribution in [0.15, 0.2) is 17.1 Å². The zero-order chi connectivity index (χ0) is 14.2. The van der Waals surface area contributed by atoms with Crippen molar-refractivity contribution in [1.82, 2.24) is 4.57 Å². The Morgan fingerprint density at radius 3 is 2.85 bits per heavy atom. The first kappa shape index (κ1) is 13.7. The summed E-state index contributed by atoms with van der Waals surface area (Å²) in [7, 11) is 0. The monoisotopic (exact) mass is 276 g/mol. The SMILES string of the molecule is Cc1cc(=O)n(CC2CCC3(CCCCC3)O2)cc1N. The molecule has 0 bridgehead atoms. The van der Waals surface area contributed by atoms with Crippen molar-refractivity contribution < 1.29 is 4.74 Å². The van der Waals surface area contributed by atoms with E-state index < -0.39 is 0 Å². The molecule has 1 aromatic heterocycles. The van der Waals surface area contributed by atoms with Crippen LogP contribution in [0.4, 0.5) is 5.69 Å². The molecular weight excluding hydrogens is 252 g/mol. The predicted octanol–water partition coefficient (Wildman–Crippen LogP) is 2.62. The van der Waals surface area contributed by atoms with Crippen molar-refractivity contribution in [3.63, 3.8) is 0 Å². The third-order valence-electron chi connectivity index (χ3n) is 4.88. The smallest absolute Gasteiger partial charge is 0.251 e. The van der Waals surface area contributed by atoms with Crippen LogP contribution < -0.4 is 11.3 Å². The lowest BCUT2D eigenvalue weighted by molar-refractivity contribution is -0.0682. The number of hydrogen-bond acceptors (Lipinski definition) is 3. The zero-order valence-corrected chi connectivity index (χ0v) is 12.2. The first-order valence-electron chi connectivity index (χ1n) is 7.72. The van der Waals surface area contributed by atoms with Crippen LogP contribution >= 0.6 is 0 Å². The Kier molecular flexibility index (Phi) is 3.59. The molecule has 4 heteroatoms. The number of aromatic nitrogens is 1. The maximum Gasteiger partial charge on any atom is 0.251 e. The first-order valence-corrected chi connectivity index (χ1v) is 7.72. The molecule has 0 amide bonds. The van der Waals surface area contributed by atoms with Crippen molar-refractivity contribution in [2.24, 2.45) is 0 Å². The Bertz CT molecular complexity index is 544. The van der Waals surface area contributed by atoms with Crippen molar-refractivity contribution in [2.75, 3.05) is 5.73 Å². The molecule has 2 fully saturated rings. The lowest BCUT2D eigenvalue weighted by Gasteiger charge is -2.33. The topological polar surface area (TPSA) is 57.2 Å². The van der Waals surface area contributed by atoms with Gasteiger partial charge in [0.2, 0.25) is 0 Å². The molecule has 1 atom stereocenters. The highest BCUT2D eigenvalue weighted by atomic mass is 16.5. The molecule has 1 saturated carbocycles. The number of anilines is 1. The van der Waals surface area contributed by atoms with Crippen molar-refractivity contribution >= 4 is 5.69 Å². The van der Waals surface area contributed by atoms with Crippen LogP contribution in [0, 0.1) is 6.92 Å². The van der Waals surface area contributed by atoms with Crippen molar-refractivity contribution in [2.45, 2.75) is 70.1 Å². The van der Waals surface area contributed by atoms with Crippen molar-refractivity contribution in [3.05, 3.63) is 28.2 Å². The van der Waals surface area contributed by atoms with Gasteiger partial charge in [0.05, 0.1) is 23.9 Å². The van der Waals surface area contributed by atoms with Crippen LogP contribution in [0.25, 0.3) is 0 Å². The minimum absolute atomic E-state index is 0.0184. The normalized spacial score (nSPS) is 25.1. The van der Waals surface area contributed by atoms with Gasteiger partial charge in [-0.1, -0.05) is 19.3 Å². The van der Waals surface area contributed by atoms with E-state index in [2.05, 4.69) is 0 Å². The van der Waals surface area contributed by atoms with Gasteiger partial charge in [0.25, 0.3) is 5.56 Å². The van der Waals surface area contributed by atoms with E-state index in [9.17, 15) is 4.79 Å². The highest BCUT2D eigenvalue weighted by Crippen LogP contribution is 2.42. The van der Waals surface area contributed by atoms with E-state index in [1.54, 1.807) is 16.8 Å². The predicted molar refractivity (Wildman–Crippen MR) is 79.8 cm³/mol. The summed E-state index contributed by atoms with van der Waals surface area (Å²) in [6.45, 7) is 2.50. The standard InChI is InChI=1S/C16H24N2O2/c1-12-9-15(19)18(11-14(12)17)10-13-5-8-16(20-13)6-3-2-4-7-16/h9,11,13H,2-8,10,17H2,1H3. The van der Waals surface area contributed by atoms with E-state index in [4.69, 9.17) is 10.5 Å². The molecule has 20 heavy (non-hydrogen) atoms. The third-order valence-corrected chi connectivity index (χ3v) is 4.88. The summed E-state index contributed by atoms with van der Waals surface area (Å²) >= 11 is 0. The molecule has 1 spiro atoms. The number of pyridine rings is 1. The Hall–Kier alpha value is -1.29. The van der Waals surface area contributed by atoms with E-state index in [-0.39, 0.29) is 17.3 Å². The molecule has 1 aliphatic heterocycles. The molecular formula is C16H24N2O2. The van der Waals surface area contributed by atoms with Crippen LogP contribution in [0.2, 0.25) is 0 Å². The Labute approximate surface area is 119 Å². The fourth-order valence-corrected chi connectivity index (χ4v) is 3.63. The minimum Gasteiger partial charge on any atom is -0.397 e. The van der Waals surface area contributed by atoms with E-state index >= 15 is 0 Å². The number of nitrogen functional groups attached to an aromatic ring is 1. The first-order chi connectivity index (χ1) is 9.58. The zero-order valence-electron chi connectivity index (χ0n) is 12.2. The highest BCUT2D eigenvalue weighted by Gasteiger charge is 2.40. The minimum atomic E-state index is 0.0184. The van der Waals surface area contributed by atoms with Gasteiger partial charge in [0.1, 0.15) is 0 Å².